The maximum absolute atomic E-state index is 5.96. The fourth-order valence-corrected chi connectivity index (χ4v) is 3.45. The third-order valence-corrected chi connectivity index (χ3v) is 5.21. The third-order valence-electron chi connectivity index (χ3n) is 5.21. The number of furan rings is 1. The first-order valence-electron chi connectivity index (χ1n) is 8.63. The van der Waals surface area contributed by atoms with Gasteiger partial charge in [-0.25, -0.2) is 0 Å². The average Bonchev–Trinajstić information content (AvgIpc) is 3.04. The van der Waals surface area contributed by atoms with Crippen molar-refractivity contribution in [3.8, 4) is 0 Å². The molecule has 0 radical (unpaired) electrons. The minimum Gasteiger partial charge on any atom is -0.465 e. The number of likely N-dealkylation sites (tertiary alicyclic amines) is 1. The second-order valence-electron chi connectivity index (χ2n) is 6.64. The standard InChI is InChI=1S/C18H32N2O/c1-5-9-19-12-16-11-17(21-15(16)4)13-20-10-8-18(6-2,7-3)14-20/h11,19H,5-10,12-14H2,1-4H3. The number of hydrogen-bond acceptors (Lipinski definition) is 3. The molecule has 120 valence electrons. The van der Waals surface area contributed by atoms with Gasteiger partial charge in [0.05, 0.1) is 6.54 Å². The van der Waals surface area contributed by atoms with Gasteiger partial charge in [-0.05, 0) is 57.2 Å². The minimum absolute atomic E-state index is 0.549. The van der Waals surface area contributed by atoms with Crippen molar-refractivity contribution in [2.24, 2.45) is 5.41 Å². The highest BCUT2D eigenvalue weighted by Gasteiger charge is 2.35. The lowest BCUT2D eigenvalue weighted by atomic mass is 9.82. The van der Waals surface area contributed by atoms with E-state index in [1.807, 2.05) is 0 Å². The minimum atomic E-state index is 0.549. The van der Waals surface area contributed by atoms with Crippen LogP contribution in [-0.2, 0) is 13.1 Å². The average molecular weight is 292 g/mol. The lowest BCUT2D eigenvalue weighted by Gasteiger charge is -2.26. The lowest BCUT2D eigenvalue weighted by Crippen LogP contribution is -2.25. The van der Waals surface area contributed by atoms with E-state index in [2.05, 4.69) is 44.0 Å². The van der Waals surface area contributed by atoms with Gasteiger partial charge in [-0.3, -0.25) is 4.90 Å². The third kappa shape index (κ3) is 4.10. The van der Waals surface area contributed by atoms with E-state index in [4.69, 9.17) is 4.42 Å². The summed E-state index contributed by atoms with van der Waals surface area (Å²) in [4.78, 5) is 2.56. The molecule has 3 nitrogen and oxygen atoms in total. The molecule has 2 heterocycles. The van der Waals surface area contributed by atoms with Gasteiger partial charge in [-0.2, -0.15) is 0 Å². The summed E-state index contributed by atoms with van der Waals surface area (Å²) in [5.41, 5.74) is 1.86. The lowest BCUT2D eigenvalue weighted by molar-refractivity contribution is 0.225. The van der Waals surface area contributed by atoms with Crippen LogP contribution in [0.3, 0.4) is 0 Å². The molecule has 2 rings (SSSR count). The van der Waals surface area contributed by atoms with Crippen molar-refractivity contribution in [2.75, 3.05) is 19.6 Å². The number of rotatable bonds is 8. The molecule has 0 aliphatic carbocycles. The van der Waals surface area contributed by atoms with Crippen LogP contribution in [0.1, 0.15) is 63.5 Å². The first-order valence-corrected chi connectivity index (χ1v) is 8.63. The van der Waals surface area contributed by atoms with Crippen molar-refractivity contribution in [2.45, 2.75) is 66.5 Å². The van der Waals surface area contributed by atoms with Gasteiger partial charge in [-0.15, -0.1) is 0 Å². The van der Waals surface area contributed by atoms with E-state index in [0.717, 1.165) is 31.2 Å². The molecule has 3 heteroatoms. The Balaban J connectivity index is 1.90. The van der Waals surface area contributed by atoms with Crippen molar-refractivity contribution >= 4 is 0 Å². The van der Waals surface area contributed by atoms with Crippen LogP contribution < -0.4 is 5.32 Å². The molecule has 1 saturated heterocycles. The zero-order valence-corrected chi connectivity index (χ0v) is 14.3. The van der Waals surface area contributed by atoms with Crippen molar-refractivity contribution in [1.82, 2.24) is 10.2 Å². The Morgan fingerprint density at radius 1 is 1.29 bits per heavy atom. The van der Waals surface area contributed by atoms with Crippen molar-refractivity contribution in [3.05, 3.63) is 23.2 Å². The summed E-state index contributed by atoms with van der Waals surface area (Å²) in [7, 11) is 0. The van der Waals surface area contributed by atoms with Gasteiger partial charge in [-0.1, -0.05) is 20.8 Å². The van der Waals surface area contributed by atoms with E-state index in [0.29, 0.717) is 5.41 Å². The Morgan fingerprint density at radius 3 is 2.67 bits per heavy atom. The molecule has 0 unspecified atom stereocenters. The van der Waals surface area contributed by atoms with Crippen LogP contribution in [0.25, 0.3) is 0 Å². The van der Waals surface area contributed by atoms with E-state index in [1.54, 1.807) is 0 Å². The summed E-state index contributed by atoms with van der Waals surface area (Å²) in [6.45, 7) is 14.4. The number of aryl methyl sites for hydroxylation is 1. The van der Waals surface area contributed by atoms with E-state index in [-0.39, 0.29) is 0 Å². The molecule has 0 atom stereocenters. The zero-order valence-electron chi connectivity index (χ0n) is 14.3. The van der Waals surface area contributed by atoms with Crippen LogP contribution in [0.5, 0.6) is 0 Å². The Hall–Kier alpha value is -0.800. The van der Waals surface area contributed by atoms with Gasteiger partial charge in [0.1, 0.15) is 11.5 Å². The fourth-order valence-electron chi connectivity index (χ4n) is 3.45. The molecule has 1 N–H and O–H groups in total. The first-order chi connectivity index (χ1) is 10.1. The highest BCUT2D eigenvalue weighted by Crippen LogP contribution is 2.37. The van der Waals surface area contributed by atoms with Crippen molar-refractivity contribution in [1.29, 1.82) is 0 Å². The van der Waals surface area contributed by atoms with E-state index in [1.165, 1.54) is 44.3 Å². The Bertz CT molecular complexity index is 434. The molecule has 1 aliphatic rings. The summed E-state index contributed by atoms with van der Waals surface area (Å²) < 4.78 is 5.96. The van der Waals surface area contributed by atoms with Gasteiger partial charge >= 0.3 is 0 Å². The van der Waals surface area contributed by atoms with Crippen molar-refractivity contribution < 1.29 is 4.42 Å². The van der Waals surface area contributed by atoms with E-state index in [9.17, 15) is 0 Å². The topological polar surface area (TPSA) is 28.4 Å². The maximum atomic E-state index is 5.96. The second kappa shape index (κ2) is 7.46. The fraction of sp³-hybridized carbons (Fsp3) is 0.778. The molecule has 0 amide bonds. The first kappa shape index (κ1) is 16.6. The van der Waals surface area contributed by atoms with Gasteiger partial charge in [0, 0.05) is 18.7 Å². The highest BCUT2D eigenvalue weighted by molar-refractivity contribution is 5.20. The molecule has 0 spiro atoms. The molecule has 0 aromatic carbocycles. The second-order valence-corrected chi connectivity index (χ2v) is 6.64. The van der Waals surface area contributed by atoms with E-state index < -0.39 is 0 Å². The van der Waals surface area contributed by atoms with Crippen LogP contribution >= 0.6 is 0 Å². The van der Waals surface area contributed by atoms with Gasteiger partial charge in [0.15, 0.2) is 0 Å². The number of nitrogens with one attached hydrogen (secondary N) is 1. The summed E-state index contributed by atoms with van der Waals surface area (Å²) >= 11 is 0. The van der Waals surface area contributed by atoms with Crippen LogP contribution in [-0.4, -0.2) is 24.5 Å². The Kier molecular flexibility index (Phi) is 5.88. The molecule has 1 fully saturated rings. The van der Waals surface area contributed by atoms with Crippen molar-refractivity contribution in [3.63, 3.8) is 0 Å². The number of hydrogen-bond donors (Lipinski definition) is 1. The molecule has 1 aromatic rings. The van der Waals surface area contributed by atoms with Crippen LogP contribution in [0.2, 0.25) is 0 Å². The van der Waals surface area contributed by atoms with E-state index >= 15 is 0 Å². The smallest absolute Gasteiger partial charge is 0.118 e. The molecular weight excluding hydrogens is 260 g/mol. The van der Waals surface area contributed by atoms with Crippen LogP contribution in [0.15, 0.2) is 10.5 Å². The van der Waals surface area contributed by atoms with Gasteiger partial charge < -0.3 is 9.73 Å². The van der Waals surface area contributed by atoms with Crippen LogP contribution in [0, 0.1) is 12.3 Å². The molecule has 0 bridgehead atoms. The zero-order chi connectivity index (χ0) is 15.3. The quantitative estimate of drug-likeness (QED) is 0.731. The van der Waals surface area contributed by atoms with Crippen LogP contribution in [0.4, 0.5) is 0 Å². The predicted molar refractivity (Wildman–Crippen MR) is 88.4 cm³/mol. The van der Waals surface area contributed by atoms with Gasteiger partial charge in [0.25, 0.3) is 0 Å². The number of nitrogens with zero attached hydrogens (tertiary/aromatic N) is 1. The molecular formula is C18H32N2O. The predicted octanol–water partition coefficient (Wildman–Crippen LogP) is 4.10. The monoisotopic (exact) mass is 292 g/mol. The van der Waals surface area contributed by atoms with Gasteiger partial charge in [0.2, 0.25) is 0 Å². The normalized spacial score (nSPS) is 18.5. The largest absolute Gasteiger partial charge is 0.465 e. The Morgan fingerprint density at radius 2 is 2.05 bits per heavy atom. The SMILES string of the molecule is CCCNCc1cc(CN2CCC(CC)(CC)C2)oc1C. The molecule has 21 heavy (non-hydrogen) atoms. The molecule has 0 saturated carbocycles. The summed E-state index contributed by atoms with van der Waals surface area (Å²) in [5.74, 6) is 2.20. The summed E-state index contributed by atoms with van der Waals surface area (Å²) in [6, 6.07) is 2.25. The molecule has 1 aromatic heterocycles. The summed E-state index contributed by atoms with van der Waals surface area (Å²) in [5, 5.41) is 3.46. The maximum Gasteiger partial charge on any atom is 0.118 e. The molecule has 1 aliphatic heterocycles. The summed E-state index contributed by atoms with van der Waals surface area (Å²) in [6.07, 6.45) is 5.10. The Labute approximate surface area is 130 Å². The highest BCUT2D eigenvalue weighted by atomic mass is 16.3.